The van der Waals surface area contributed by atoms with Gasteiger partial charge in [-0.3, -0.25) is 19.1 Å². The lowest BCUT2D eigenvalue weighted by atomic mass is 10.1. The molecule has 1 unspecified atom stereocenters. The van der Waals surface area contributed by atoms with Crippen molar-refractivity contribution in [2.45, 2.75) is 57.2 Å². The van der Waals surface area contributed by atoms with Crippen molar-refractivity contribution in [3.05, 3.63) is 62.4 Å². The number of fused-ring (bicyclic) bond motifs is 1. The minimum atomic E-state index is -0.549. The quantitative estimate of drug-likeness (QED) is 0.558. The molecule has 0 aliphatic heterocycles. The highest BCUT2D eigenvalue weighted by Crippen LogP contribution is 2.28. The molecule has 3 aromatic rings. The maximum Gasteiger partial charge on any atom is 0.329 e. The molecule has 1 amide bonds. The molecule has 2 aromatic heterocycles. The standard InChI is InChI=1S/C22H26N4O3S/c1-5-9-26-19-17(21(28)25-22(26)29)11-15(12-23-19)20(27)24-18-8-7-16(10-13(18)3)30-14(4)6-2/h7-8,10-12,14H,5-6,9H2,1-4H3,(H,24,27)(H,25,28,29). The van der Waals surface area contributed by atoms with Crippen LogP contribution in [0.3, 0.4) is 0 Å². The highest BCUT2D eigenvalue weighted by molar-refractivity contribution is 7.99. The van der Waals surface area contributed by atoms with E-state index < -0.39 is 11.2 Å². The first-order chi connectivity index (χ1) is 14.3. The summed E-state index contributed by atoms with van der Waals surface area (Å²) in [6.07, 6.45) is 3.20. The van der Waals surface area contributed by atoms with E-state index in [0.717, 1.165) is 23.3 Å². The van der Waals surface area contributed by atoms with Crippen LogP contribution in [0.1, 0.15) is 49.5 Å². The summed E-state index contributed by atoms with van der Waals surface area (Å²) in [5.41, 5.74) is 1.16. The molecular weight excluding hydrogens is 400 g/mol. The number of carbonyl (C=O) groups excluding carboxylic acids is 1. The van der Waals surface area contributed by atoms with Gasteiger partial charge < -0.3 is 5.32 Å². The molecule has 3 rings (SSSR count). The molecule has 0 spiro atoms. The summed E-state index contributed by atoms with van der Waals surface area (Å²) in [4.78, 5) is 44.8. The SMILES string of the molecule is CCCn1c(=O)[nH]c(=O)c2cc(C(=O)Nc3ccc(SC(C)CC)cc3C)cnc21. The molecule has 1 aromatic carbocycles. The van der Waals surface area contributed by atoms with E-state index in [9.17, 15) is 14.4 Å². The third kappa shape index (κ3) is 4.64. The molecule has 0 aliphatic carbocycles. The van der Waals surface area contributed by atoms with Crippen molar-refractivity contribution >= 4 is 34.4 Å². The zero-order chi connectivity index (χ0) is 21.8. The van der Waals surface area contributed by atoms with E-state index in [0.29, 0.717) is 17.5 Å². The lowest BCUT2D eigenvalue weighted by Gasteiger charge is -2.13. The summed E-state index contributed by atoms with van der Waals surface area (Å²) in [6, 6.07) is 7.41. The Labute approximate surface area is 178 Å². The van der Waals surface area contributed by atoms with E-state index >= 15 is 0 Å². The first-order valence-corrected chi connectivity index (χ1v) is 10.9. The van der Waals surface area contributed by atoms with E-state index in [-0.39, 0.29) is 22.5 Å². The van der Waals surface area contributed by atoms with Crippen LogP contribution in [0.15, 0.2) is 44.9 Å². The smallest absolute Gasteiger partial charge is 0.322 e. The number of aromatic nitrogens is 3. The average Bonchev–Trinajstić information content (AvgIpc) is 2.72. The van der Waals surface area contributed by atoms with Gasteiger partial charge in [0, 0.05) is 28.6 Å². The lowest BCUT2D eigenvalue weighted by Crippen LogP contribution is -2.31. The van der Waals surface area contributed by atoms with Gasteiger partial charge in [0.05, 0.1) is 10.9 Å². The number of H-pyrrole nitrogens is 1. The molecular formula is C22H26N4O3S. The lowest BCUT2D eigenvalue weighted by molar-refractivity contribution is 0.102. The minimum absolute atomic E-state index is 0.215. The number of anilines is 1. The van der Waals surface area contributed by atoms with E-state index in [1.54, 1.807) is 11.8 Å². The van der Waals surface area contributed by atoms with Crippen LogP contribution >= 0.6 is 11.8 Å². The fourth-order valence-electron chi connectivity index (χ4n) is 3.08. The average molecular weight is 427 g/mol. The second-order valence-electron chi connectivity index (χ2n) is 7.27. The molecule has 8 heteroatoms. The summed E-state index contributed by atoms with van der Waals surface area (Å²) < 4.78 is 1.41. The Morgan fingerprint density at radius 1 is 1.27 bits per heavy atom. The Balaban J connectivity index is 1.89. The molecule has 0 fully saturated rings. The van der Waals surface area contributed by atoms with Crippen molar-refractivity contribution in [3.8, 4) is 0 Å². The van der Waals surface area contributed by atoms with Crippen LogP contribution in [0, 0.1) is 6.92 Å². The molecule has 2 N–H and O–H groups in total. The van der Waals surface area contributed by atoms with Gasteiger partial charge in [0.2, 0.25) is 0 Å². The predicted octanol–water partition coefficient (Wildman–Crippen LogP) is 3.95. The van der Waals surface area contributed by atoms with Crippen molar-refractivity contribution in [3.63, 3.8) is 0 Å². The zero-order valence-corrected chi connectivity index (χ0v) is 18.4. The normalized spacial score (nSPS) is 12.1. The monoisotopic (exact) mass is 426 g/mol. The third-order valence-electron chi connectivity index (χ3n) is 4.90. The molecule has 158 valence electrons. The van der Waals surface area contributed by atoms with Crippen molar-refractivity contribution in [2.24, 2.45) is 0 Å². The summed E-state index contributed by atoms with van der Waals surface area (Å²) >= 11 is 1.80. The number of amides is 1. The second kappa shape index (κ2) is 9.30. The molecule has 0 bridgehead atoms. The maximum atomic E-state index is 12.8. The molecule has 2 heterocycles. The van der Waals surface area contributed by atoms with Crippen LogP contribution in [0.25, 0.3) is 11.0 Å². The Bertz CT molecular complexity index is 1200. The van der Waals surface area contributed by atoms with Gasteiger partial charge in [-0.05, 0) is 49.6 Å². The highest BCUT2D eigenvalue weighted by Gasteiger charge is 2.14. The Kier molecular flexibility index (Phi) is 6.77. The summed E-state index contributed by atoms with van der Waals surface area (Å²) in [5, 5.41) is 3.63. The fourth-order valence-corrected chi connectivity index (χ4v) is 4.11. The number of hydrogen-bond donors (Lipinski definition) is 2. The number of thioether (sulfide) groups is 1. The number of nitrogens with zero attached hydrogens (tertiary/aromatic N) is 2. The number of carbonyl (C=O) groups is 1. The van der Waals surface area contributed by atoms with E-state index in [4.69, 9.17) is 0 Å². The van der Waals surface area contributed by atoms with Crippen LogP contribution in [0.2, 0.25) is 0 Å². The van der Waals surface area contributed by atoms with Crippen molar-refractivity contribution in [1.82, 2.24) is 14.5 Å². The van der Waals surface area contributed by atoms with E-state index in [1.165, 1.54) is 16.8 Å². The number of rotatable bonds is 7. The van der Waals surface area contributed by atoms with E-state index in [1.807, 2.05) is 26.0 Å². The van der Waals surface area contributed by atoms with Crippen LogP contribution in [0.5, 0.6) is 0 Å². The van der Waals surface area contributed by atoms with Gasteiger partial charge in [-0.15, -0.1) is 11.8 Å². The number of benzene rings is 1. The molecule has 0 aliphatic rings. The summed E-state index contributed by atoms with van der Waals surface area (Å²) in [6.45, 7) is 8.65. The van der Waals surface area contributed by atoms with Gasteiger partial charge in [0.15, 0.2) is 0 Å². The fraction of sp³-hybridized carbons (Fsp3) is 0.364. The highest BCUT2D eigenvalue weighted by atomic mass is 32.2. The van der Waals surface area contributed by atoms with Gasteiger partial charge in [-0.1, -0.05) is 20.8 Å². The Hall–Kier alpha value is -2.87. The number of hydrogen-bond acceptors (Lipinski definition) is 5. The number of pyridine rings is 1. The van der Waals surface area contributed by atoms with Crippen LogP contribution in [-0.2, 0) is 6.54 Å². The predicted molar refractivity (Wildman–Crippen MR) is 122 cm³/mol. The minimum Gasteiger partial charge on any atom is -0.322 e. The largest absolute Gasteiger partial charge is 0.329 e. The van der Waals surface area contributed by atoms with Gasteiger partial charge >= 0.3 is 5.69 Å². The summed E-state index contributed by atoms with van der Waals surface area (Å²) in [7, 11) is 0. The molecule has 0 radical (unpaired) electrons. The van der Waals surface area contributed by atoms with Crippen molar-refractivity contribution in [1.29, 1.82) is 0 Å². The summed E-state index contributed by atoms with van der Waals surface area (Å²) in [5.74, 6) is -0.359. The van der Waals surface area contributed by atoms with Gasteiger partial charge in [-0.2, -0.15) is 0 Å². The number of aromatic amines is 1. The second-order valence-corrected chi connectivity index (χ2v) is 8.79. The van der Waals surface area contributed by atoms with Crippen LogP contribution < -0.4 is 16.6 Å². The Morgan fingerprint density at radius 2 is 2.03 bits per heavy atom. The third-order valence-corrected chi connectivity index (χ3v) is 6.16. The first-order valence-electron chi connectivity index (χ1n) is 10.1. The van der Waals surface area contributed by atoms with Crippen LogP contribution in [0.4, 0.5) is 5.69 Å². The molecule has 7 nitrogen and oxygen atoms in total. The Morgan fingerprint density at radius 3 is 2.70 bits per heavy atom. The zero-order valence-electron chi connectivity index (χ0n) is 17.6. The number of aryl methyl sites for hydroxylation is 2. The maximum absolute atomic E-state index is 12.8. The number of nitrogens with one attached hydrogen (secondary N) is 2. The van der Waals surface area contributed by atoms with Crippen molar-refractivity contribution < 1.29 is 4.79 Å². The van der Waals surface area contributed by atoms with E-state index in [2.05, 4.69) is 35.2 Å². The first kappa shape index (κ1) is 21.8. The molecule has 30 heavy (non-hydrogen) atoms. The molecule has 1 atom stereocenters. The topological polar surface area (TPSA) is 96.9 Å². The van der Waals surface area contributed by atoms with Gasteiger partial charge in [0.25, 0.3) is 11.5 Å². The molecule has 0 saturated carbocycles. The van der Waals surface area contributed by atoms with Crippen molar-refractivity contribution in [2.75, 3.05) is 5.32 Å². The van der Waals surface area contributed by atoms with Gasteiger partial charge in [0.1, 0.15) is 5.65 Å². The van der Waals surface area contributed by atoms with Crippen LogP contribution in [-0.4, -0.2) is 25.7 Å². The van der Waals surface area contributed by atoms with Gasteiger partial charge in [-0.25, -0.2) is 9.78 Å². The molecule has 0 saturated heterocycles.